The fraction of sp³-hybridized carbons (Fsp3) is 0.364. The fourth-order valence-electron chi connectivity index (χ4n) is 1.22. The predicted octanol–water partition coefficient (Wildman–Crippen LogP) is 2.45. The van der Waals surface area contributed by atoms with Crippen LogP contribution in [-0.2, 0) is 0 Å². The first-order valence-electron chi connectivity index (χ1n) is 4.57. The van der Waals surface area contributed by atoms with Gasteiger partial charge in [-0.3, -0.25) is 4.98 Å². The van der Waals surface area contributed by atoms with Crippen LogP contribution in [0.4, 0.5) is 4.39 Å². The van der Waals surface area contributed by atoms with Crippen molar-refractivity contribution < 1.29 is 4.39 Å². The van der Waals surface area contributed by atoms with Crippen LogP contribution in [0, 0.1) is 5.82 Å². The maximum atomic E-state index is 12.6. The molecule has 1 atom stereocenters. The van der Waals surface area contributed by atoms with Crippen LogP contribution in [0.2, 0.25) is 0 Å². The van der Waals surface area contributed by atoms with E-state index in [0.29, 0.717) is 0 Å². The van der Waals surface area contributed by atoms with Gasteiger partial charge in [0.25, 0.3) is 0 Å². The standard InChI is InChI=1S/C11H15FN2/c1-8(2)6-11(13-3)10-5-4-9(12)7-14-10/h4-7,11,13H,1-3H3. The molecule has 0 radical (unpaired) electrons. The Balaban J connectivity index is 2.90. The van der Waals surface area contributed by atoms with E-state index in [4.69, 9.17) is 0 Å². The molecular formula is C11H15FN2. The third kappa shape index (κ3) is 2.92. The Morgan fingerprint density at radius 3 is 2.64 bits per heavy atom. The van der Waals surface area contributed by atoms with Crippen molar-refractivity contribution in [3.8, 4) is 0 Å². The number of likely N-dealkylation sites (N-methyl/N-ethyl adjacent to an activating group) is 1. The van der Waals surface area contributed by atoms with Gasteiger partial charge >= 0.3 is 0 Å². The van der Waals surface area contributed by atoms with Crippen LogP contribution in [-0.4, -0.2) is 12.0 Å². The summed E-state index contributed by atoms with van der Waals surface area (Å²) in [5.41, 5.74) is 2.03. The number of aromatic nitrogens is 1. The summed E-state index contributed by atoms with van der Waals surface area (Å²) in [7, 11) is 1.86. The highest BCUT2D eigenvalue weighted by molar-refractivity contribution is 5.17. The van der Waals surface area contributed by atoms with E-state index in [1.54, 1.807) is 6.07 Å². The predicted molar refractivity (Wildman–Crippen MR) is 55.4 cm³/mol. The highest BCUT2D eigenvalue weighted by atomic mass is 19.1. The van der Waals surface area contributed by atoms with E-state index in [-0.39, 0.29) is 11.9 Å². The average Bonchev–Trinajstić information content (AvgIpc) is 2.15. The van der Waals surface area contributed by atoms with Gasteiger partial charge in [-0.25, -0.2) is 4.39 Å². The minimum absolute atomic E-state index is 0.0561. The van der Waals surface area contributed by atoms with E-state index in [1.165, 1.54) is 17.8 Å². The molecule has 2 nitrogen and oxygen atoms in total. The summed E-state index contributed by atoms with van der Waals surface area (Å²) in [4.78, 5) is 4.02. The van der Waals surface area contributed by atoms with Crippen LogP contribution >= 0.6 is 0 Å². The van der Waals surface area contributed by atoms with Crippen molar-refractivity contribution in [2.45, 2.75) is 19.9 Å². The Hall–Kier alpha value is -1.22. The molecule has 1 N–H and O–H groups in total. The number of hydrogen-bond donors (Lipinski definition) is 1. The number of hydrogen-bond acceptors (Lipinski definition) is 2. The maximum absolute atomic E-state index is 12.6. The highest BCUT2D eigenvalue weighted by Crippen LogP contribution is 2.13. The van der Waals surface area contributed by atoms with Gasteiger partial charge in [0.05, 0.1) is 17.9 Å². The van der Waals surface area contributed by atoms with E-state index in [2.05, 4.69) is 16.4 Å². The number of allylic oxidation sites excluding steroid dienone is 1. The van der Waals surface area contributed by atoms with Crippen molar-refractivity contribution in [3.05, 3.63) is 41.5 Å². The molecule has 0 amide bonds. The minimum atomic E-state index is -0.305. The van der Waals surface area contributed by atoms with Gasteiger partial charge in [-0.15, -0.1) is 0 Å². The second kappa shape index (κ2) is 4.86. The SMILES string of the molecule is CNC(C=C(C)C)c1ccc(F)cn1. The lowest BCUT2D eigenvalue weighted by atomic mass is 10.1. The normalized spacial score (nSPS) is 12.3. The first-order valence-corrected chi connectivity index (χ1v) is 4.57. The second-order valence-corrected chi connectivity index (χ2v) is 3.41. The minimum Gasteiger partial charge on any atom is -0.309 e. The largest absolute Gasteiger partial charge is 0.309 e. The molecule has 0 saturated carbocycles. The van der Waals surface area contributed by atoms with Crippen molar-refractivity contribution in [2.24, 2.45) is 0 Å². The molecular weight excluding hydrogens is 179 g/mol. The van der Waals surface area contributed by atoms with E-state index in [0.717, 1.165) is 5.69 Å². The van der Waals surface area contributed by atoms with Gasteiger partial charge in [0.15, 0.2) is 0 Å². The van der Waals surface area contributed by atoms with Crippen molar-refractivity contribution >= 4 is 0 Å². The summed E-state index contributed by atoms with van der Waals surface area (Å²) < 4.78 is 12.6. The van der Waals surface area contributed by atoms with Crippen molar-refractivity contribution in [1.29, 1.82) is 0 Å². The van der Waals surface area contributed by atoms with E-state index in [1.807, 2.05) is 20.9 Å². The van der Waals surface area contributed by atoms with Crippen LogP contribution in [0.5, 0.6) is 0 Å². The molecule has 0 aromatic carbocycles. The summed E-state index contributed by atoms with van der Waals surface area (Å²) in [5.74, 6) is -0.305. The van der Waals surface area contributed by atoms with Gasteiger partial charge in [-0.05, 0) is 33.0 Å². The van der Waals surface area contributed by atoms with E-state index >= 15 is 0 Å². The van der Waals surface area contributed by atoms with Crippen molar-refractivity contribution in [1.82, 2.24) is 10.3 Å². The van der Waals surface area contributed by atoms with Crippen LogP contribution in [0.15, 0.2) is 30.0 Å². The monoisotopic (exact) mass is 194 g/mol. The molecule has 0 aliphatic heterocycles. The highest BCUT2D eigenvalue weighted by Gasteiger charge is 2.06. The number of nitrogens with one attached hydrogen (secondary N) is 1. The van der Waals surface area contributed by atoms with E-state index in [9.17, 15) is 4.39 Å². The zero-order chi connectivity index (χ0) is 10.6. The average molecular weight is 194 g/mol. The van der Waals surface area contributed by atoms with Gasteiger partial charge in [0.1, 0.15) is 5.82 Å². The molecule has 0 aliphatic rings. The van der Waals surface area contributed by atoms with Gasteiger partial charge in [0.2, 0.25) is 0 Å². The van der Waals surface area contributed by atoms with E-state index < -0.39 is 0 Å². The summed E-state index contributed by atoms with van der Waals surface area (Å²) in [6, 6.07) is 3.17. The quantitative estimate of drug-likeness (QED) is 0.747. The number of nitrogens with zero attached hydrogens (tertiary/aromatic N) is 1. The molecule has 0 aliphatic carbocycles. The molecule has 0 bridgehead atoms. The lowest BCUT2D eigenvalue weighted by Gasteiger charge is -2.11. The zero-order valence-electron chi connectivity index (χ0n) is 8.71. The molecule has 76 valence electrons. The number of pyridine rings is 1. The Morgan fingerprint density at radius 2 is 2.21 bits per heavy atom. The first kappa shape index (κ1) is 10.9. The zero-order valence-corrected chi connectivity index (χ0v) is 8.71. The van der Waals surface area contributed by atoms with Crippen LogP contribution in [0.1, 0.15) is 25.6 Å². The van der Waals surface area contributed by atoms with Crippen molar-refractivity contribution in [3.63, 3.8) is 0 Å². The molecule has 0 spiro atoms. The summed E-state index contributed by atoms with van der Waals surface area (Å²) in [6.07, 6.45) is 3.29. The molecule has 1 rings (SSSR count). The second-order valence-electron chi connectivity index (χ2n) is 3.41. The summed E-state index contributed by atoms with van der Waals surface area (Å²) in [5, 5.41) is 3.11. The third-order valence-electron chi connectivity index (χ3n) is 1.88. The lowest BCUT2D eigenvalue weighted by Crippen LogP contribution is -2.15. The molecule has 3 heteroatoms. The molecule has 1 unspecified atom stereocenters. The number of halogens is 1. The molecule has 1 heterocycles. The topological polar surface area (TPSA) is 24.9 Å². The van der Waals surface area contributed by atoms with Crippen LogP contribution in [0.25, 0.3) is 0 Å². The molecule has 1 aromatic heterocycles. The van der Waals surface area contributed by atoms with Crippen molar-refractivity contribution in [2.75, 3.05) is 7.05 Å². The fourth-order valence-corrected chi connectivity index (χ4v) is 1.22. The number of rotatable bonds is 3. The van der Waals surface area contributed by atoms with Gasteiger partial charge in [-0.1, -0.05) is 11.6 Å². The maximum Gasteiger partial charge on any atom is 0.141 e. The Bertz CT molecular complexity index is 313. The Labute approximate surface area is 83.9 Å². The van der Waals surface area contributed by atoms with Gasteiger partial charge < -0.3 is 5.32 Å². The molecule has 0 saturated heterocycles. The summed E-state index contributed by atoms with van der Waals surface area (Å²) in [6.45, 7) is 4.04. The Morgan fingerprint density at radius 1 is 1.50 bits per heavy atom. The summed E-state index contributed by atoms with van der Waals surface area (Å²) >= 11 is 0. The van der Waals surface area contributed by atoms with Crippen LogP contribution in [0.3, 0.4) is 0 Å². The molecule has 1 aromatic rings. The van der Waals surface area contributed by atoms with Gasteiger partial charge in [-0.2, -0.15) is 0 Å². The first-order chi connectivity index (χ1) is 6.63. The third-order valence-corrected chi connectivity index (χ3v) is 1.88. The Kier molecular flexibility index (Phi) is 3.77. The van der Waals surface area contributed by atoms with Gasteiger partial charge in [0, 0.05) is 0 Å². The molecule has 14 heavy (non-hydrogen) atoms. The van der Waals surface area contributed by atoms with Crippen LogP contribution < -0.4 is 5.32 Å². The molecule has 0 fully saturated rings. The lowest BCUT2D eigenvalue weighted by molar-refractivity contribution is 0.612. The smallest absolute Gasteiger partial charge is 0.141 e.